The summed E-state index contributed by atoms with van der Waals surface area (Å²) in [6.07, 6.45) is 4.18. The Morgan fingerprint density at radius 3 is 3.19 bits per heavy atom. The molecule has 0 aromatic carbocycles. The van der Waals surface area contributed by atoms with Gasteiger partial charge in [-0.1, -0.05) is 0 Å². The number of nitrogens with zero attached hydrogens (tertiary/aromatic N) is 3. The van der Waals surface area contributed by atoms with Crippen molar-refractivity contribution in [1.29, 1.82) is 0 Å². The van der Waals surface area contributed by atoms with Gasteiger partial charge in [-0.15, -0.1) is 22.7 Å². The van der Waals surface area contributed by atoms with Gasteiger partial charge in [-0.2, -0.15) is 0 Å². The molecule has 1 saturated heterocycles. The summed E-state index contributed by atoms with van der Waals surface area (Å²) in [7, 11) is 0. The van der Waals surface area contributed by atoms with Gasteiger partial charge >= 0.3 is 5.97 Å². The molecule has 1 aliphatic rings. The summed E-state index contributed by atoms with van der Waals surface area (Å²) in [6.45, 7) is 4.16. The van der Waals surface area contributed by atoms with Crippen molar-refractivity contribution in [2.75, 3.05) is 13.2 Å². The average molecular weight is 323 g/mol. The zero-order valence-electron chi connectivity index (χ0n) is 11.8. The lowest BCUT2D eigenvalue weighted by molar-refractivity contribution is 0.0520. The monoisotopic (exact) mass is 323 g/mol. The van der Waals surface area contributed by atoms with Crippen molar-refractivity contribution in [2.24, 2.45) is 0 Å². The van der Waals surface area contributed by atoms with Crippen molar-refractivity contribution in [3.05, 3.63) is 32.7 Å². The molecule has 2 aromatic rings. The molecule has 112 valence electrons. The smallest absolute Gasteiger partial charge is 0.357 e. The molecule has 2 aromatic heterocycles. The minimum Gasteiger partial charge on any atom is -0.461 e. The lowest BCUT2D eigenvalue weighted by atomic mass is 10.2. The van der Waals surface area contributed by atoms with Gasteiger partial charge in [0.1, 0.15) is 5.01 Å². The third kappa shape index (κ3) is 3.30. The minimum absolute atomic E-state index is 0.306. The minimum atomic E-state index is -0.327. The Labute approximate surface area is 131 Å². The largest absolute Gasteiger partial charge is 0.461 e. The van der Waals surface area contributed by atoms with Crippen LogP contribution in [0.2, 0.25) is 0 Å². The standard InChI is InChI=1S/C14H17N3O2S2/c1-2-19-14(18)11-8-20-13(16-11)12-4-3-5-17(12)7-10-6-15-9-21-10/h6,8-9,12H,2-5,7H2,1H3/t12-/m0/s1. The SMILES string of the molecule is CCOC(=O)c1csc([C@@H]2CCCN2Cc2cncs2)n1. The fourth-order valence-corrected chi connectivity index (χ4v) is 4.13. The summed E-state index contributed by atoms with van der Waals surface area (Å²) in [6, 6.07) is 0.306. The summed E-state index contributed by atoms with van der Waals surface area (Å²) in [5, 5.41) is 2.82. The highest BCUT2D eigenvalue weighted by atomic mass is 32.1. The summed E-state index contributed by atoms with van der Waals surface area (Å²) in [4.78, 5) is 24.0. The van der Waals surface area contributed by atoms with Crippen LogP contribution in [-0.4, -0.2) is 34.0 Å². The Morgan fingerprint density at radius 2 is 2.43 bits per heavy atom. The average Bonchev–Trinajstić information content (AvgIpc) is 3.20. The fraction of sp³-hybridized carbons (Fsp3) is 0.500. The molecule has 0 unspecified atom stereocenters. The number of esters is 1. The molecule has 21 heavy (non-hydrogen) atoms. The molecule has 0 radical (unpaired) electrons. The van der Waals surface area contributed by atoms with E-state index in [0.29, 0.717) is 18.3 Å². The second kappa shape index (κ2) is 6.64. The van der Waals surface area contributed by atoms with Crippen LogP contribution in [0.15, 0.2) is 17.1 Å². The van der Waals surface area contributed by atoms with Gasteiger partial charge in [0.05, 0.1) is 18.2 Å². The number of aromatic nitrogens is 2. The van der Waals surface area contributed by atoms with Gasteiger partial charge in [0.15, 0.2) is 5.69 Å². The lowest BCUT2D eigenvalue weighted by Gasteiger charge is -2.21. The Balaban J connectivity index is 1.71. The van der Waals surface area contributed by atoms with Crippen LogP contribution in [0.5, 0.6) is 0 Å². The van der Waals surface area contributed by atoms with Gasteiger partial charge in [0, 0.05) is 23.0 Å². The maximum Gasteiger partial charge on any atom is 0.357 e. The second-order valence-electron chi connectivity index (χ2n) is 4.89. The molecule has 1 fully saturated rings. The topological polar surface area (TPSA) is 55.3 Å². The third-order valence-electron chi connectivity index (χ3n) is 3.50. The van der Waals surface area contributed by atoms with Crippen LogP contribution >= 0.6 is 22.7 Å². The first-order valence-electron chi connectivity index (χ1n) is 7.02. The van der Waals surface area contributed by atoms with E-state index in [-0.39, 0.29) is 5.97 Å². The van der Waals surface area contributed by atoms with Crippen LogP contribution in [0.3, 0.4) is 0 Å². The summed E-state index contributed by atoms with van der Waals surface area (Å²) < 4.78 is 5.00. The number of likely N-dealkylation sites (tertiary alicyclic amines) is 1. The number of thiazole rings is 2. The van der Waals surface area contributed by atoms with Gasteiger partial charge in [0.25, 0.3) is 0 Å². The Morgan fingerprint density at radius 1 is 1.52 bits per heavy atom. The zero-order valence-corrected chi connectivity index (χ0v) is 13.5. The number of ether oxygens (including phenoxy) is 1. The van der Waals surface area contributed by atoms with Crippen LogP contribution < -0.4 is 0 Å². The first kappa shape index (κ1) is 14.6. The number of hydrogen-bond acceptors (Lipinski definition) is 7. The molecule has 7 heteroatoms. The van der Waals surface area contributed by atoms with Gasteiger partial charge in [0.2, 0.25) is 0 Å². The van der Waals surface area contributed by atoms with Crippen molar-refractivity contribution in [2.45, 2.75) is 32.4 Å². The third-order valence-corrected chi connectivity index (χ3v) is 5.21. The fourth-order valence-electron chi connectivity index (χ4n) is 2.55. The van der Waals surface area contributed by atoms with Gasteiger partial charge in [-0.25, -0.2) is 9.78 Å². The Hall–Kier alpha value is -1.31. The van der Waals surface area contributed by atoms with Crippen LogP contribution in [0.1, 0.15) is 46.2 Å². The molecule has 3 heterocycles. The van der Waals surface area contributed by atoms with Crippen LogP contribution in [0, 0.1) is 0 Å². The van der Waals surface area contributed by atoms with Crippen molar-refractivity contribution < 1.29 is 9.53 Å². The number of carbonyl (C=O) groups is 1. The van der Waals surface area contributed by atoms with Crippen LogP contribution in [0.4, 0.5) is 0 Å². The molecular formula is C14H17N3O2S2. The highest BCUT2D eigenvalue weighted by Gasteiger charge is 2.29. The maximum absolute atomic E-state index is 11.7. The van der Waals surface area contributed by atoms with E-state index in [2.05, 4.69) is 14.9 Å². The van der Waals surface area contributed by atoms with Gasteiger partial charge < -0.3 is 4.74 Å². The highest BCUT2D eigenvalue weighted by molar-refractivity contribution is 7.10. The van der Waals surface area contributed by atoms with E-state index in [1.54, 1.807) is 35.0 Å². The maximum atomic E-state index is 11.7. The molecule has 0 aliphatic carbocycles. The number of hydrogen-bond donors (Lipinski definition) is 0. The number of rotatable bonds is 5. The molecular weight excluding hydrogens is 306 g/mol. The van der Waals surface area contributed by atoms with Crippen LogP contribution in [0.25, 0.3) is 0 Å². The van der Waals surface area contributed by atoms with E-state index < -0.39 is 0 Å². The van der Waals surface area contributed by atoms with E-state index in [4.69, 9.17) is 4.74 Å². The molecule has 3 rings (SSSR count). The van der Waals surface area contributed by atoms with Crippen molar-refractivity contribution in [3.63, 3.8) is 0 Å². The Kier molecular flexibility index (Phi) is 4.62. The van der Waals surface area contributed by atoms with Gasteiger partial charge in [-0.05, 0) is 26.3 Å². The highest BCUT2D eigenvalue weighted by Crippen LogP contribution is 2.35. The lowest BCUT2D eigenvalue weighted by Crippen LogP contribution is -2.22. The normalized spacial score (nSPS) is 19.0. The first-order chi connectivity index (χ1) is 10.3. The molecule has 0 N–H and O–H groups in total. The summed E-state index contributed by atoms with van der Waals surface area (Å²) in [5.74, 6) is -0.327. The zero-order chi connectivity index (χ0) is 14.7. The molecule has 1 atom stereocenters. The van der Waals surface area contributed by atoms with E-state index in [9.17, 15) is 4.79 Å². The van der Waals surface area contributed by atoms with Crippen molar-refractivity contribution in [1.82, 2.24) is 14.9 Å². The first-order valence-corrected chi connectivity index (χ1v) is 8.78. The molecule has 5 nitrogen and oxygen atoms in total. The summed E-state index contributed by atoms with van der Waals surface area (Å²) >= 11 is 3.23. The molecule has 0 saturated carbocycles. The summed E-state index contributed by atoms with van der Waals surface area (Å²) in [5.41, 5.74) is 2.30. The quantitative estimate of drug-likeness (QED) is 0.791. The predicted molar refractivity (Wildman–Crippen MR) is 82.6 cm³/mol. The molecule has 1 aliphatic heterocycles. The predicted octanol–water partition coefficient (Wildman–Crippen LogP) is 3.11. The van der Waals surface area contributed by atoms with Crippen LogP contribution in [-0.2, 0) is 11.3 Å². The molecule has 0 bridgehead atoms. The Bertz CT molecular complexity index is 597. The molecule has 0 spiro atoms. The van der Waals surface area contributed by atoms with Crippen molar-refractivity contribution in [3.8, 4) is 0 Å². The molecule has 0 amide bonds. The second-order valence-corrected chi connectivity index (χ2v) is 6.75. The van der Waals surface area contributed by atoms with Gasteiger partial charge in [-0.3, -0.25) is 9.88 Å². The van der Waals surface area contributed by atoms with Crippen molar-refractivity contribution >= 4 is 28.6 Å². The van der Waals surface area contributed by atoms with E-state index in [1.165, 1.54) is 4.88 Å². The van der Waals surface area contributed by atoms with E-state index in [1.807, 2.05) is 11.7 Å². The number of carbonyl (C=O) groups excluding carboxylic acids is 1. The van der Waals surface area contributed by atoms with E-state index in [0.717, 1.165) is 30.9 Å². The van der Waals surface area contributed by atoms with E-state index >= 15 is 0 Å².